The molecule has 1 atom stereocenters. The monoisotopic (exact) mass is 200 g/mol. The zero-order valence-corrected chi connectivity index (χ0v) is 8.83. The van der Waals surface area contributed by atoms with Gasteiger partial charge >= 0.3 is 11.9 Å². The number of rotatable bonds is 2. The first-order valence-electron chi connectivity index (χ1n) is 4.64. The van der Waals surface area contributed by atoms with Gasteiger partial charge in [-0.25, -0.2) is 9.59 Å². The van der Waals surface area contributed by atoms with Crippen LogP contribution in [0.15, 0.2) is 12.2 Å². The maximum atomic E-state index is 10.9. The maximum absolute atomic E-state index is 10.9. The first-order valence-corrected chi connectivity index (χ1v) is 4.64. The average Bonchev–Trinajstić information content (AvgIpc) is 2.55. The van der Waals surface area contributed by atoms with Gasteiger partial charge in [0.25, 0.3) is 0 Å². The SMILES string of the molecule is C=C(C)C(=O)OC1CCOC1=O.CC. The van der Waals surface area contributed by atoms with Crippen LogP contribution in [-0.4, -0.2) is 24.6 Å². The van der Waals surface area contributed by atoms with Crippen molar-refractivity contribution in [3.05, 3.63) is 12.2 Å². The summed E-state index contributed by atoms with van der Waals surface area (Å²) in [6.45, 7) is 9.25. The second-order valence-electron chi connectivity index (χ2n) is 2.63. The third-order valence-electron chi connectivity index (χ3n) is 1.49. The smallest absolute Gasteiger partial charge is 0.347 e. The lowest BCUT2D eigenvalue weighted by atomic mass is 10.3. The molecule has 0 radical (unpaired) electrons. The van der Waals surface area contributed by atoms with Gasteiger partial charge in [-0.3, -0.25) is 0 Å². The van der Waals surface area contributed by atoms with Crippen LogP contribution in [-0.2, 0) is 19.1 Å². The van der Waals surface area contributed by atoms with Crippen LogP contribution in [0, 0.1) is 0 Å². The van der Waals surface area contributed by atoms with E-state index >= 15 is 0 Å². The van der Waals surface area contributed by atoms with Crippen molar-refractivity contribution in [2.75, 3.05) is 6.61 Å². The lowest BCUT2D eigenvalue weighted by Crippen LogP contribution is -2.22. The number of hydrogen-bond acceptors (Lipinski definition) is 4. The quantitative estimate of drug-likeness (QED) is 0.500. The van der Waals surface area contributed by atoms with Crippen LogP contribution in [0.4, 0.5) is 0 Å². The Bertz CT molecular complexity index is 232. The Morgan fingerprint density at radius 2 is 2.14 bits per heavy atom. The number of ether oxygens (including phenoxy) is 2. The molecule has 4 heteroatoms. The van der Waals surface area contributed by atoms with Crippen LogP contribution in [0.1, 0.15) is 27.2 Å². The van der Waals surface area contributed by atoms with Crippen molar-refractivity contribution in [3.8, 4) is 0 Å². The van der Waals surface area contributed by atoms with E-state index in [4.69, 9.17) is 4.74 Å². The summed E-state index contributed by atoms with van der Waals surface area (Å²) in [5.41, 5.74) is 0.287. The van der Waals surface area contributed by atoms with Crippen molar-refractivity contribution < 1.29 is 19.1 Å². The van der Waals surface area contributed by atoms with Crippen molar-refractivity contribution in [2.24, 2.45) is 0 Å². The van der Waals surface area contributed by atoms with E-state index in [0.29, 0.717) is 13.0 Å². The molecule has 80 valence electrons. The summed E-state index contributed by atoms with van der Waals surface area (Å²) in [5, 5.41) is 0. The first-order chi connectivity index (χ1) is 6.61. The molecule has 14 heavy (non-hydrogen) atoms. The van der Waals surface area contributed by atoms with Gasteiger partial charge in [0.05, 0.1) is 6.61 Å². The number of cyclic esters (lactones) is 1. The van der Waals surface area contributed by atoms with Gasteiger partial charge in [0.15, 0.2) is 0 Å². The van der Waals surface area contributed by atoms with Gasteiger partial charge in [0, 0.05) is 12.0 Å². The van der Waals surface area contributed by atoms with E-state index in [9.17, 15) is 9.59 Å². The van der Waals surface area contributed by atoms with E-state index in [0.717, 1.165) is 0 Å². The molecule has 1 unspecified atom stereocenters. The molecule has 1 aliphatic heterocycles. The van der Waals surface area contributed by atoms with Gasteiger partial charge in [-0.2, -0.15) is 0 Å². The van der Waals surface area contributed by atoms with Crippen LogP contribution in [0.5, 0.6) is 0 Å². The highest BCUT2D eigenvalue weighted by molar-refractivity contribution is 5.89. The molecule has 1 saturated heterocycles. The van der Waals surface area contributed by atoms with Crippen molar-refractivity contribution in [2.45, 2.75) is 33.3 Å². The number of carbonyl (C=O) groups is 2. The van der Waals surface area contributed by atoms with Gasteiger partial charge in [-0.15, -0.1) is 0 Å². The highest BCUT2D eigenvalue weighted by Crippen LogP contribution is 2.11. The molecular formula is C10H16O4. The average molecular weight is 200 g/mol. The first kappa shape index (κ1) is 12.7. The van der Waals surface area contributed by atoms with Crippen LogP contribution in [0.2, 0.25) is 0 Å². The Morgan fingerprint density at radius 3 is 2.50 bits per heavy atom. The number of hydrogen-bond donors (Lipinski definition) is 0. The Balaban J connectivity index is 0.000000791. The second kappa shape index (κ2) is 6.18. The molecule has 1 fully saturated rings. The van der Waals surface area contributed by atoms with Gasteiger partial charge < -0.3 is 9.47 Å². The minimum absolute atomic E-state index is 0.287. The Labute approximate surface area is 83.9 Å². The molecule has 0 aromatic heterocycles. The van der Waals surface area contributed by atoms with E-state index in [1.807, 2.05) is 13.8 Å². The molecule has 4 nitrogen and oxygen atoms in total. The molecule has 0 saturated carbocycles. The lowest BCUT2D eigenvalue weighted by molar-refractivity contribution is -0.157. The molecule has 0 amide bonds. The zero-order chi connectivity index (χ0) is 11.1. The predicted molar refractivity (Wildman–Crippen MR) is 51.6 cm³/mol. The van der Waals surface area contributed by atoms with Gasteiger partial charge in [-0.05, 0) is 6.92 Å². The fourth-order valence-electron chi connectivity index (χ4n) is 0.814. The van der Waals surface area contributed by atoms with E-state index in [1.54, 1.807) is 0 Å². The third kappa shape index (κ3) is 3.60. The summed E-state index contributed by atoms with van der Waals surface area (Å²) in [6.07, 6.45) is -0.285. The van der Waals surface area contributed by atoms with Gasteiger partial charge in [0.2, 0.25) is 6.10 Å². The molecule has 0 aromatic carbocycles. The highest BCUT2D eigenvalue weighted by Gasteiger charge is 2.30. The highest BCUT2D eigenvalue weighted by atomic mass is 16.6. The molecule has 0 spiro atoms. The summed E-state index contributed by atoms with van der Waals surface area (Å²) >= 11 is 0. The van der Waals surface area contributed by atoms with E-state index in [2.05, 4.69) is 11.3 Å². The Kier molecular flexibility index (Phi) is 5.60. The van der Waals surface area contributed by atoms with Crippen molar-refractivity contribution in [1.82, 2.24) is 0 Å². The molecule has 0 aliphatic carbocycles. The number of carbonyl (C=O) groups excluding carboxylic acids is 2. The maximum Gasteiger partial charge on any atom is 0.347 e. The Hall–Kier alpha value is -1.32. The summed E-state index contributed by atoms with van der Waals surface area (Å²) in [6, 6.07) is 0. The van der Waals surface area contributed by atoms with Crippen LogP contribution < -0.4 is 0 Å². The third-order valence-corrected chi connectivity index (χ3v) is 1.49. The van der Waals surface area contributed by atoms with E-state index in [1.165, 1.54) is 6.92 Å². The molecule has 1 rings (SSSR count). The molecule has 1 aliphatic rings. The second-order valence-corrected chi connectivity index (χ2v) is 2.63. The molecular weight excluding hydrogens is 184 g/mol. The topological polar surface area (TPSA) is 52.6 Å². The van der Waals surface area contributed by atoms with Crippen molar-refractivity contribution >= 4 is 11.9 Å². The van der Waals surface area contributed by atoms with Gasteiger partial charge in [-0.1, -0.05) is 20.4 Å². The zero-order valence-electron chi connectivity index (χ0n) is 8.83. The molecule has 0 aromatic rings. The summed E-state index contributed by atoms with van der Waals surface area (Å²) in [4.78, 5) is 21.7. The Morgan fingerprint density at radius 1 is 1.57 bits per heavy atom. The van der Waals surface area contributed by atoms with Crippen molar-refractivity contribution in [3.63, 3.8) is 0 Å². The minimum Gasteiger partial charge on any atom is -0.463 e. The van der Waals surface area contributed by atoms with Crippen LogP contribution in [0.3, 0.4) is 0 Å². The lowest BCUT2D eigenvalue weighted by Gasteiger charge is -2.06. The fraction of sp³-hybridized carbons (Fsp3) is 0.600. The molecule has 0 bridgehead atoms. The standard InChI is InChI=1S/C8H10O4.C2H6/c1-5(2)7(9)12-6-3-4-11-8(6)10;1-2/h6H,1,3-4H2,2H3;1-2H3. The summed E-state index contributed by atoms with van der Waals surface area (Å²) in [7, 11) is 0. The molecule has 0 N–H and O–H groups in total. The van der Waals surface area contributed by atoms with Gasteiger partial charge in [0.1, 0.15) is 0 Å². The predicted octanol–water partition coefficient (Wildman–Crippen LogP) is 1.45. The largest absolute Gasteiger partial charge is 0.463 e. The molecule has 1 heterocycles. The van der Waals surface area contributed by atoms with Crippen LogP contribution in [0.25, 0.3) is 0 Å². The van der Waals surface area contributed by atoms with Crippen molar-refractivity contribution in [1.29, 1.82) is 0 Å². The summed E-state index contributed by atoms with van der Waals surface area (Å²) in [5.74, 6) is -1.01. The summed E-state index contributed by atoms with van der Waals surface area (Å²) < 4.78 is 9.37. The van der Waals surface area contributed by atoms with Crippen LogP contribution >= 0.6 is 0 Å². The van der Waals surface area contributed by atoms with E-state index < -0.39 is 18.0 Å². The number of esters is 2. The fourth-order valence-corrected chi connectivity index (χ4v) is 0.814. The van der Waals surface area contributed by atoms with E-state index in [-0.39, 0.29) is 5.57 Å². The normalized spacial score (nSPS) is 19.1. The minimum atomic E-state index is -0.728.